The summed E-state index contributed by atoms with van der Waals surface area (Å²) in [7, 11) is 0. The first-order valence-electron chi connectivity index (χ1n) is 7.31. The summed E-state index contributed by atoms with van der Waals surface area (Å²) >= 11 is 0. The van der Waals surface area contributed by atoms with Crippen LogP contribution in [0.4, 0.5) is 5.95 Å². The molecule has 1 aliphatic heterocycles. The first kappa shape index (κ1) is 14.0. The minimum atomic E-state index is 0.822. The number of rotatable bonds is 3. The predicted molar refractivity (Wildman–Crippen MR) is 80.2 cm³/mol. The quantitative estimate of drug-likeness (QED) is 0.856. The van der Waals surface area contributed by atoms with E-state index in [0.29, 0.717) is 0 Å². The molecule has 0 N–H and O–H groups in total. The molecular weight excluding hydrogens is 266 g/mol. The maximum atomic E-state index is 5.28. The molecule has 0 saturated carbocycles. The van der Waals surface area contributed by atoms with Crippen LogP contribution in [0.3, 0.4) is 0 Å². The Morgan fingerprint density at radius 3 is 2.52 bits per heavy atom. The van der Waals surface area contributed by atoms with Gasteiger partial charge in [-0.25, -0.2) is 9.97 Å². The van der Waals surface area contributed by atoms with Crippen LogP contribution in [-0.2, 0) is 6.54 Å². The molecule has 3 heterocycles. The van der Waals surface area contributed by atoms with Crippen molar-refractivity contribution in [3.63, 3.8) is 0 Å². The molecule has 1 aliphatic rings. The molecule has 0 spiro atoms. The SMILES string of the molecule is Cc1cc(CN2CCN(c3ncc(C)c(C)n3)CC2)on1. The summed E-state index contributed by atoms with van der Waals surface area (Å²) in [6, 6.07) is 2.00. The molecule has 112 valence electrons. The van der Waals surface area contributed by atoms with Crippen LogP contribution < -0.4 is 4.90 Å². The zero-order valence-corrected chi connectivity index (χ0v) is 12.8. The third-order valence-electron chi connectivity index (χ3n) is 3.92. The van der Waals surface area contributed by atoms with Crippen molar-refractivity contribution < 1.29 is 4.52 Å². The van der Waals surface area contributed by atoms with Crippen molar-refractivity contribution >= 4 is 5.95 Å². The fourth-order valence-electron chi connectivity index (χ4n) is 2.48. The molecule has 1 saturated heterocycles. The lowest BCUT2D eigenvalue weighted by Gasteiger charge is -2.34. The van der Waals surface area contributed by atoms with Crippen LogP contribution in [0.25, 0.3) is 0 Å². The van der Waals surface area contributed by atoms with Gasteiger partial charge in [0.2, 0.25) is 5.95 Å². The number of piperazine rings is 1. The molecule has 3 rings (SSSR count). The van der Waals surface area contributed by atoms with Gasteiger partial charge in [0.05, 0.1) is 12.2 Å². The maximum absolute atomic E-state index is 5.28. The third-order valence-corrected chi connectivity index (χ3v) is 3.92. The van der Waals surface area contributed by atoms with E-state index < -0.39 is 0 Å². The van der Waals surface area contributed by atoms with Crippen molar-refractivity contribution in [1.82, 2.24) is 20.0 Å². The van der Waals surface area contributed by atoms with Crippen LogP contribution in [0.2, 0.25) is 0 Å². The van der Waals surface area contributed by atoms with Crippen LogP contribution in [0.15, 0.2) is 16.8 Å². The van der Waals surface area contributed by atoms with Gasteiger partial charge in [0.25, 0.3) is 0 Å². The van der Waals surface area contributed by atoms with E-state index in [-0.39, 0.29) is 0 Å². The van der Waals surface area contributed by atoms with E-state index in [2.05, 4.69) is 24.9 Å². The summed E-state index contributed by atoms with van der Waals surface area (Å²) in [5.74, 6) is 1.77. The van der Waals surface area contributed by atoms with Gasteiger partial charge in [0.1, 0.15) is 0 Å². The van der Waals surface area contributed by atoms with Crippen LogP contribution in [0.5, 0.6) is 0 Å². The molecule has 0 atom stereocenters. The number of aryl methyl sites for hydroxylation is 3. The van der Waals surface area contributed by atoms with Gasteiger partial charge in [-0.05, 0) is 26.3 Å². The highest BCUT2D eigenvalue weighted by Crippen LogP contribution is 2.15. The predicted octanol–water partition coefficient (Wildman–Crippen LogP) is 1.71. The molecule has 6 heteroatoms. The average molecular weight is 287 g/mol. The van der Waals surface area contributed by atoms with Gasteiger partial charge in [-0.2, -0.15) is 0 Å². The summed E-state index contributed by atoms with van der Waals surface area (Å²) in [6.07, 6.45) is 1.90. The monoisotopic (exact) mass is 287 g/mol. The lowest BCUT2D eigenvalue weighted by atomic mass is 10.2. The first-order chi connectivity index (χ1) is 10.1. The molecule has 2 aromatic rings. The van der Waals surface area contributed by atoms with Crippen LogP contribution >= 0.6 is 0 Å². The van der Waals surface area contributed by atoms with Crippen LogP contribution in [-0.4, -0.2) is 46.2 Å². The van der Waals surface area contributed by atoms with E-state index in [1.165, 1.54) is 0 Å². The van der Waals surface area contributed by atoms with Crippen LogP contribution in [0.1, 0.15) is 22.7 Å². The molecule has 1 fully saturated rings. The fourth-order valence-corrected chi connectivity index (χ4v) is 2.48. The Bertz CT molecular complexity index is 616. The standard InChI is InChI=1S/C15H21N5O/c1-11-9-16-15(17-13(11)3)20-6-4-19(5-7-20)10-14-8-12(2)18-21-14/h8-9H,4-7,10H2,1-3H3. The van der Waals surface area contributed by atoms with Crippen molar-refractivity contribution in [2.45, 2.75) is 27.3 Å². The Kier molecular flexibility index (Phi) is 3.88. The van der Waals surface area contributed by atoms with Crippen LogP contribution in [0, 0.1) is 20.8 Å². The molecule has 0 aliphatic carbocycles. The Balaban J connectivity index is 1.58. The van der Waals surface area contributed by atoms with E-state index in [1.807, 2.05) is 33.0 Å². The van der Waals surface area contributed by atoms with Gasteiger partial charge < -0.3 is 9.42 Å². The largest absolute Gasteiger partial charge is 0.360 e. The average Bonchev–Trinajstić information content (AvgIpc) is 2.88. The Morgan fingerprint density at radius 2 is 1.90 bits per heavy atom. The lowest BCUT2D eigenvalue weighted by Crippen LogP contribution is -2.46. The smallest absolute Gasteiger partial charge is 0.225 e. The summed E-state index contributed by atoms with van der Waals surface area (Å²) in [5, 5.41) is 3.93. The highest BCUT2D eigenvalue weighted by molar-refractivity contribution is 5.33. The van der Waals surface area contributed by atoms with E-state index in [4.69, 9.17) is 4.52 Å². The van der Waals surface area contributed by atoms with Gasteiger partial charge >= 0.3 is 0 Å². The second-order valence-corrected chi connectivity index (χ2v) is 5.64. The van der Waals surface area contributed by atoms with Gasteiger partial charge in [0, 0.05) is 44.1 Å². The summed E-state index contributed by atoms with van der Waals surface area (Å²) in [4.78, 5) is 13.6. The van der Waals surface area contributed by atoms with E-state index in [9.17, 15) is 0 Å². The zero-order valence-electron chi connectivity index (χ0n) is 12.8. The van der Waals surface area contributed by atoms with Crippen molar-refractivity contribution in [3.8, 4) is 0 Å². The van der Waals surface area contributed by atoms with Gasteiger partial charge in [-0.3, -0.25) is 4.90 Å². The summed E-state index contributed by atoms with van der Waals surface area (Å²) in [6.45, 7) is 10.7. The van der Waals surface area contributed by atoms with Crippen molar-refractivity contribution in [2.75, 3.05) is 31.1 Å². The molecule has 0 radical (unpaired) electrons. The number of aromatic nitrogens is 3. The summed E-state index contributed by atoms with van der Waals surface area (Å²) in [5.41, 5.74) is 3.13. The Morgan fingerprint density at radius 1 is 1.14 bits per heavy atom. The van der Waals surface area contributed by atoms with Gasteiger partial charge in [0.15, 0.2) is 5.76 Å². The van der Waals surface area contributed by atoms with Gasteiger partial charge in [-0.1, -0.05) is 5.16 Å². The van der Waals surface area contributed by atoms with E-state index in [1.54, 1.807) is 0 Å². The summed E-state index contributed by atoms with van der Waals surface area (Å²) < 4.78 is 5.28. The highest BCUT2D eigenvalue weighted by atomic mass is 16.5. The highest BCUT2D eigenvalue weighted by Gasteiger charge is 2.20. The molecule has 6 nitrogen and oxygen atoms in total. The molecule has 0 bridgehead atoms. The normalized spacial score (nSPS) is 16.4. The van der Waals surface area contributed by atoms with E-state index >= 15 is 0 Å². The number of hydrogen-bond acceptors (Lipinski definition) is 6. The Labute approximate surface area is 124 Å². The second kappa shape index (κ2) is 5.81. The molecule has 21 heavy (non-hydrogen) atoms. The topological polar surface area (TPSA) is 58.3 Å². The molecule has 0 unspecified atom stereocenters. The Hall–Kier alpha value is -1.95. The lowest BCUT2D eigenvalue weighted by molar-refractivity contribution is 0.218. The number of nitrogens with zero attached hydrogens (tertiary/aromatic N) is 5. The third kappa shape index (κ3) is 3.21. The maximum Gasteiger partial charge on any atom is 0.225 e. The van der Waals surface area contributed by atoms with Crippen molar-refractivity contribution in [1.29, 1.82) is 0 Å². The minimum Gasteiger partial charge on any atom is -0.360 e. The van der Waals surface area contributed by atoms with E-state index in [0.717, 1.165) is 61.4 Å². The number of hydrogen-bond donors (Lipinski definition) is 0. The second-order valence-electron chi connectivity index (χ2n) is 5.64. The van der Waals surface area contributed by atoms with Gasteiger partial charge in [-0.15, -0.1) is 0 Å². The first-order valence-corrected chi connectivity index (χ1v) is 7.31. The molecular formula is C15H21N5O. The molecule has 0 aromatic carbocycles. The van der Waals surface area contributed by atoms with Crippen molar-refractivity contribution in [3.05, 3.63) is 35.0 Å². The number of anilines is 1. The minimum absolute atomic E-state index is 0.822. The molecule has 0 amide bonds. The fraction of sp³-hybridized carbons (Fsp3) is 0.533. The molecule has 2 aromatic heterocycles. The van der Waals surface area contributed by atoms with Crippen molar-refractivity contribution in [2.24, 2.45) is 0 Å². The zero-order chi connectivity index (χ0) is 14.8.